The monoisotopic (exact) mass is 409 g/mol. The van der Waals surface area contributed by atoms with Gasteiger partial charge in [-0.1, -0.05) is 0 Å². The second kappa shape index (κ2) is 6.77. The molecule has 2 N–H and O–H groups in total. The van der Waals surface area contributed by atoms with Crippen LogP contribution in [0.4, 0.5) is 0 Å². The van der Waals surface area contributed by atoms with E-state index in [1.54, 1.807) is 44.4 Å². The topological polar surface area (TPSA) is 118 Å². The molecule has 0 saturated carbocycles. The van der Waals surface area contributed by atoms with E-state index in [4.69, 9.17) is 14.1 Å². The number of furan rings is 1. The SMILES string of the molecule is COc1cncc(-c2cnc3[nH]nc(-c4nc5c(-c6ccoc6)nccc5[nH]4)c3c2)c1. The lowest BCUT2D eigenvalue weighted by molar-refractivity contribution is 0.413. The highest BCUT2D eigenvalue weighted by atomic mass is 16.5. The van der Waals surface area contributed by atoms with Gasteiger partial charge >= 0.3 is 0 Å². The van der Waals surface area contributed by atoms with E-state index >= 15 is 0 Å². The molecule has 0 fully saturated rings. The van der Waals surface area contributed by atoms with Gasteiger partial charge < -0.3 is 14.1 Å². The first-order chi connectivity index (χ1) is 15.3. The van der Waals surface area contributed by atoms with Crippen LogP contribution in [0.2, 0.25) is 0 Å². The number of hydrogen-bond donors (Lipinski definition) is 2. The second-order valence-corrected chi connectivity index (χ2v) is 6.96. The molecule has 6 rings (SSSR count). The average Bonchev–Trinajstić information content (AvgIpc) is 3.57. The Bertz CT molecular complexity index is 1530. The van der Waals surface area contributed by atoms with Crippen LogP contribution in [-0.4, -0.2) is 42.2 Å². The van der Waals surface area contributed by atoms with Crippen LogP contribution >= 0.6 is 0 Å². The molecule has 6 aromatic heterocycles. The van der Waals surface area contributed by atoms with Gasteiger partial charge in [-0.25, -0.2) is 9.97 Å². The Balaban J connectivity index is 1.50. The number of rotatable bonds is 4. The lowest BCUT2D eigenvalue weighted by Crippen LogP contribution is -1.88. The standard InChI is InChI=1S/C22H15N7O2/c1-30-15-6-13(8-23-10-15)14-7-16-19(28-29-21(16)25-9-14)22-26-17-2-4-24-18(20(17)27-22)12-3-5-31-11-12/h2-11H,1H3,(H,26,27)(H,25,28,29). The maximum Gasteiger partial charge on any atom is 0.159 e. The van der Waals surface area contributed by atoms with Crippen molar-refractivity contribution < 1.29 is 9.15 Å². The van der Waals surface area contributed by atoms with Crippen molar-refractivity contribution in [3.8, 4) is 39.7 Å². The number of fused-ring (bicyclic) bond motifs is 2. The van der Waals surface area contributed by atoms with Crippen molar-refractivity contribution in [2.75, 3.05) is 7.11 Å². The Hall–Kier alpha value is -4.53. The number of hydrogen-bond acceptors (Lipinski definition) is 7. The maximum atomic E-state index is 5.29. The molecule has 0 aromatic carbocycles. The van der Waals surface area contributed by atoms with Gasteiger partial charge in [0.15, 0.2) is 11.5 Å². The van der Waals surface area contributed by atoms with E-state index in [1.165, 1.54) is 0 Å². The first-order valence-corrected chi connectivity index (χ1v) is 9.51. The molecule has 9 heteroatoms. The van der Waals surface area contributed by atoms with Crippen molar-refractivity contribution in [3.05, 3.63) is 61.6 Å². The zero-order valence-corrected chi connectivity index (χ0v) is 16.3. The molecule has 31 heavy (non-hydrogen) atoms. The van der Waals surface area contributed by atoms with E-state index in [2.05, 4.69) is 30.1 Å². The average molecular weight is 409 g/mol. The summed E-state index contributed by atoms with van der Waals surface area (Å²) in [6.45, 7) is 0. The van der Waals surface area contributed by atoms with Gasteiger partial charge in [-0.2, -0.15) is 5.10 Å². The lowest BCUT2D eigenvalue weighted by atomic mass is 10.1. The Morgan fingerprint density at radius 1 is 0.968 bits per heavy atom. The first-order valence-electron chi connectivity index (χ1n) is 9.51. The molecule has 0 bridgehead atoms. The minimum absolute atomic E-state index is 0.627. The normalized spacial score (nSPS) is 11.4. The van der Waals surface area contributed by atoms with Crippen LogP contribution in [0.15, 0.2) is 66.0 Å². The number of methoxy groups -OCH3 is 1. The summed E-state index contributed by atoms with van der Waals surface area (Å²) in [7, 11) is 1.62. The number of ether oxygens (including phenoxy) is 1. The third-order valence-corrected chi connectivity index (χ3v) is 5.12. The molecular weight excluding hydrogens is 394 g/mol. The molecule has 0 amide bonds. The fourth-order valence-corrected chi connectivity index (χ4v) is 3.59. The van der Waals surface area contributed by atoms with Crippen LogP contribution in [0.25, 0.3) is 56.0 Å². The molecule has 6 heterocycles. The maximum absolute atomic E-state index is 5.29. The molecule has 150 valence electrons. The molecule has 0 spiro atoms. The van der Waals surface area contributed by atoms with Crippen molar-refractivity contribution in [2.24, 2.45) is 0 Å². The van der Waals surface area contributed by atoms with Crippen molar-refractivity contribution in [3.63, 3.8) is 0 Å². The lowest BCUT2D eigenvalue weighted by Gasteiger charge is -2.04. The third kappa shape index (κ3) is 2.83. The van der Waals surface area contributed by atoms with Crippen LogP contribution in [0.3, 0.4) is 0 Å². The van der Waals surface area contributed by atoms with Crippen LogP contribution in [-0.2, 0) is 0 Å². The first kappa shape index (κ1) is 17.3. The number of nitrogens with zero attached hydrogens (tertiary/aromatic N) is 5. The van der Waals surface area contributed by atoms with Crippen molar-refractivity contribution >= 4 is 22.1 Å². The Morgan fingerprint density at radius 2 is 1.90 bits per heavy atom. The minimum atomic E-state index is 0.627. The summed E-state index contributed by atoms with van der Waals surface area (Å²) in [5, 5.41) is 8.29. The predicted octanol–water partition coefficient (Wildman–Crippen LogP) is 4.23. The van der Waals surface area contributed by atoms with Gasteiger partial charge in [0.05, 0.1) is 36.7 Å². The molecule has 0 aliphatic carbocycles. The summed E-state index contributed by atoms with van der Waals surface area (Å²) < 4.78 is 10.5. The summed E-state index contributed by atoms with van der Waals surface area (Å²) in [5.41, 5.74) is 6.36. The molecule has 0 saturated heterocycles. The fraction of sp³-hybridized carbons (Fsp3) is 0.0455. The highest BCUT2D eigenvalue weighted by molar-refractivity contribution is 5.96. The number of imidazole rings is 1. The Labute approximate surface area is 175 Å². The summed E-state index contributed by atoms with van der Waals surface area (Å²) in [6.07, 6.45) is 10.2. The van der Waals surface area contributed by atoms with E-state index in [0.29, 0.717) is 22.9 Å². The summed E-state index contributed by atoms with van der Waals surface area (Å²) >= 11 is 0. The molecule has 6 aromatic rings. The number of pyridine rings is 3. The predicted molar refractivity (Wildman–Crippen MR) is 114 cm³/mol. The van der Waals surface area contributed by atoms with E-state index in [1.807, 2.05) is 24.3 Å². The summed E-state index contributed by atoms with van der Waals surface area (Å²) in [4.78, 5) is 21.4. The van der Waals surface area contributed by atoms with Gasteiger partial charge in [0.2, 0.25) is 0 Å². The molecule has 0 unspecified atom stereocenters. The van der Waals surface area contributed by atoms with Gasteiger partial charge in [0.1, 0.15) is 22.7 Å². The van der Waals surface area contributed by atoms with Crippen LogP contribution in [0, 0.1) is 0 Å². The molecule has 0 atom stereocenters. The van der Waals surface area contributed by atoms with Crippen molar-refractivity contribution in [1.29, 1.82) is 0 Å². The quantitative estimate of drug-likeness (QED) is 0.447. The molecule has 0 aliphatic heterocycles. The number of nitrogens with one attached hydrogen (secondary N) is 2. The third-order valence-electron chi connectivity index (χ3n) is 5.12. The number of aromatic amines is 2. The smallest absolute Gasteiger partial charge is 0.159 e. The van der Waals surface area contributed by atoms with E-state index in [0.717, 1.165) is 38.8 Å². The van der Waals surface area contributed by atoms with Gasteiger partial charge in [0, 0.05) is 35.3 Å². The number of aromatic nitrogens is 7. The largest absolute Gasteiger partial charge is 0.495 e. The van der Waals surface area contributed by atoms with Crippen LogP contribution in [0.5, 0.6) is 5.75 Å². The summed E-state index contributed by atoms with van der Waals surface area (Å²) in [6, 6.07) is 7.67. The van der Waals surface area contributed by atoms with Gasteiger partial charge in [-0.3, -0.25) is 15.1 Å². The molecular formula is C22H15N7O2. The fourth-order valence-electron chi connectivity index (χ4n) is 3.59. The van der Waals surface area contributed by atoms with Crippen LogP contribution < -0.4 is 4.74 Å². The van der Waals surface area contributed by atoms with E-state index in [9.17, 15) is 0 Å². The summed E-state index contributed by atoms with van der Waals surface area (Å²) in [5.74, 6) is 1.31. The highest BCUT2D eigenvalue weighted by Gasteiger charge is 2.17. The van der Waals surface area contributed by atoms with Crippen molar-refractivity contribution in [1.82, 2.24) is 35.1 Å². The number of H-pyrrole nitrogens is 2. The molecule has 9 nitrogen and oxygen atoms in total. The Morgan fingerprint density at radius 3 is 2.77 bits per heavy atom. The zero-order chi connectivity index (χ0) is 20.8. The Kier molecular flexibility index (Phi) is 3.79. The van der Waals surface area contributed by atoms with Gasteiger partial charge in [-0.05, 0) is 24.3 Å². The van der Waals surface area contributed by atoms with Crippen molar-refractivity contribution in [2.45, 2.75) is 0 Å². The van der Waals surface area contributed by atoms with Gasteiger partial charge in [-0.15, -0.1) is 0 Å². The second-order valence-electron chi connectivity index (χ2n) is 6.96. The minimum Gasteiger partial charge on any atom is -0.495 e. The highest BCUT2D eigenvalue weighted by Crippen LogP contribution is 2.32. The van der Waals surface area contributed by atoms with E-state index in [-0.39, 0.29) is 0 Å². The zero-order valence-electron chi connectivity index (χ0n) is 16.3. The van der Waals surface area contributed by atoms with E-state index < -0.39 is 0 Å². The molecule has 0 aliphatic rings. The molecule has 0 radical (unpaired) electrons. The van der Waals surface area contributed by atoms with Gasteiger partial charge in [0.25, 0.3) is 0 Å². The van der Waals surface area contributed by atoms with Crippen LogP contribution in [0.1, 0.15) is 0 Å².